The van der Waals surface area contributed by atoms with Crippen LogP contribution in [-0.2, 0) is 22.4 Å². The first kappa shape index (κ1) is 15.0. The van der Waals surface area contributed by atoms with Gasteiger partial charge in [0.15, 0.2) is 0 Å². The maximum absolute atomic E-state index is 12.2. The Morgan fingerprint density at radius 3 is 3.00 bits per heavy atom. The molecule has 1 aromatic rings. The lowest BCUT2D eigenvalue weighted by atomic mass is 9.90. The second kappa shape index (κ2) is 6.39. The molecule has 0 radical (unpaired) electrons. The molecule has 0 fully saturated rings. The fraction of sp³-hybridized carbons (Fsp3) is 0.600. The summed E-state index contributed by atoms with van der Waals surface area (Å²) in [5.74, 6) is 0.303. The van der Waals surface area contributed by atoms with Gasteiger partial charge in [0.1, 0.15) is 0 Å². The quantitative estimate of drug-likeness (QED) is 0.869. The lowest BCUT2D eigenvalue weighted by molar-refractivity contribution is -0.141. The summed E-state index contributed by atoms with van der Waals surface area (Å²) in [7, 11) is 1.35. The highest BCUT2D eigenvalue weighted by Gasteiger charge is 2.21. The van der Waals surface area contributed by atoms with Gasteiger partial charge in [0.2, 0.25) is 0 Å². The number of nitrogens with one attached hydrogen (secondary N) is 1. The van der Waals surface area contributed by atoms with Crippen molar-refractivity contribution < 1.29 is 14.3 Å². The molecule has 2 rings (SSSR count). The van der Waals surface area contributed by atoms with Crippen LogP contribution in [0, 0.1) is 5.92 Å². The van der Waals surface area contributed by atoms with Crippen LogP contribution in [0.1, 0.15) is 46.8 Å². The number of fused-ring (bicyclic) bond motifs is 1. The Labute approximate surface area is 123 Å². The number of rotatable bonds is 4. The number of thiophene rings is 1. The van der Waals surface area contributed by atoms with Crippen LogP contribution in [0.5, 0.6) is 0 Å². The van der Waals surface area contributed by atoms with Crippen molar-refractivity contribution in [2.45, 2.75) is 45.6 Å². The minimum atomic E-state index is -0.308. The highest BCUT2D eigenvalue weighted by atomic mass is 32.1. The summed E-state index contributed by atoms with van der Waals surface area (Å²) in [6, 6.07) is 1.79. The summed E-state index contributed by atoms with van der Waals surface area (Å²) in [4.78, 5) is 25.4. The van der Waals surface area contributed by atoms with Gasteiger partial charge in [-0.2, -0.15) is 0 Å². The van der Waals surface area contributed by atoms with Gasteiger partial charge in [-0.3, -0.25) is 9.59 Å². The van der Waals surface area contributed by atoms with E-state index >= 15 is 0 Å². The molecule has 20 heavy (non-hydrogen) atoms. The number of hydrogen-bond acceptors (Lipinski definition) is 4. The molecule has 0 aliphatic heterocycles. The van der Waals surface area contributed by atoms with Crippen molar-refractivity contribution in [1.29, 1.82) is 0 Å². The molecule has 2 unspecified atom stereocenters. The fourth-order valence-electron chi connectivity index (χ4n) is 2.50. The second-order valence-corrected chi connectivity index (χ2v) is 6.70. The summed E-state index contributed by atoms with van der Waals surface area (Å²) in [5, 5.41) is 2.85. The van der Waals surface area contributed by atoms with E-state index in [1.807, 2.05) is 13.0 Å². The summed E-state index contributed by atoms with van der Waals surface area (Å²) in [6.45, 7) is 4.06. The van der Waals surface area contributed by atoms with Crippen molar-refractivity contribution in [2.24, 2.45) is 5.92 Å². The van der Waals surface area contributed by atoms with E-state index < -0.39 is 0 Å². The summed E-state index contributed by atoms with van der Waals surface area (Å²) in [6.07, 6.45) is 3.54. The Morgan fingerprint density at radius 1 is 1.55 bits per heavy atom. The molecule has 1 aliphatic carbocycles. The molecule has 5 heteroatoms. The highest BCUT2D eigenvalue weighted by Crippen LogP contribution is 2.32. The lowest BCUT2D eigenvalue weighted by Crippen LogP contribution is -2.34. The van der Waals surface area contributed by atoms with Gasteiger partial charge < -0.3 is 10.1 Å². The summed E-state index contributed by atoms with van der Waals surface area (Å²) < 4.78 is 4.60. The third kappa shape index (κ3) is 3.60. The molecule has 1 amide bonds. The van der Waals surface area contributed by atoms with Gasteiger partial charge >= 0.3 is 5.97 Å². The first-order chi connectivity index (χ1) is 9.49. The molecular formula is C15H21NO3S. The van der Waals surface area contributed by atoms with Crippen molar-refractivity contribution in [3.05, 3.63) is 21.4 Å². The molecule has 1 N–H and O–H groups in total. The number of carbonyl (C=O) groups excluding carboxylic acids is 2. The molecule has 4 nitrogen and oxygen atoms in total. The maximum Gasteiger partial charge on any atom is 0.307 e. The van der Waals surface area contributed by atoms with Gasteiger partial charge in [-0.15, -0.1) is 11.3 Å². The van der Waals surface area contributed by atoms with Crippen LogP contribution in [0.2, 0.25) is 0 Å². The number of aryl methyl sites for hydroxylation is 1. The number of hydrogen-bond donors (Lipinski definition) is 1. The van der Waals surface area contributed by atoms with E-state index in [-0.39, 0.29) is 24.3 Å². The van der Waals surface area contributed by atoms with Crippen molar-refractivity contribution in [2.75, 3.05) is 7.11 Å². The number of esters is 1. The Bertz CT molecular complexity index is 509. The van der Waals surface area contributed by atoms with E-state index in [0.29, 0.717) is 5.92 Å². The Balaban J connectivity index is 1.98. The molecule has 1 aliphatic rings. The zero-order valence-corrected chi connectivity index (χ0v) is 13.0. The van der Waals surface area contributed by atoms with Gasteiger partial charge in [0.05, 0.1) is 18.4 Å². The third-order valence-corrected chi connectivity index (χ3v) is 4.87. The van der Waals surface area contributed by atoms with E-state index in [1.165, 1.54) is 24.0 Å². The summed E-state index contributed by atoms with van der Waals surface area (Å²) >= 11 is 1.58. The number of methoxy groups -OCH3 is 1. The van der Waals surface area contributed by atoms with E-state index in [2.05, 4.69) is 17.0 Å². The van der Waals surface area contributed by atoms with Crippen molar-refractivity contribution in [3.63, 3.8) is 0 Å². The third-order valence-electron chi connectivity index (χ3n) is 3.63. The van der Waals surface area contributed by atoms with Crippen molar-refractivity contribution in [3.8, 4) is 0 Å². The van der Waals surface area contributed by atoms with Crippen LogP contribution < -0.4 is 5.32 Å². The topological polar surface area (TPSA) is 55.4 Å². The average molecular weight is 295 g/mol. The zero-order chi connectivity index (χ0) is 14.7. The van der Waals surface area contributed by atoms with Gasteiger partial charge in [-0.05, 0) is 43.7 Å². The molecule has 0 aromatic carbocycles. The van der Waals surface area contributed by atoms with Gasteiger partial charge in [0.25, 0.3) is 5.91 Å². The monoisotopic (exact) mass is 295 g/mol. The zero-order valence-electron chi connectivity index (χ0n) is 12.2. The summed E-state index contributed by atoms with van der Waals surface area (Å²) in [5.41, 5.74) is 1.32. The van der Waals surface area contributed by atoms with Crippen LogP contribution in [0.25, 0.3) is 0 Å². The molecular weight excluding hydrogens is 274 g/mol. The standard InChI is InChI=1S/C15H21NO3S/c1-9-4-5-12-11(6-9)8-13(20-12)15(18)16-10(2)7-14(17)19-3/h8-10H,4-7H2,1-3H3,(H,16,18). The van der Waals surface area contributed by atoms with E-state index in [1.54, 1.807) is 11.3 Å². The lowest BCUT2D eigenvalue weighted by Gasteiger charge is -2.16. The van der Waals surface area contributed by atoms with Crippen molar-refractivity contribution >= 4 is 23.2 Å². The molecule has 110 valence electrons. The SMILES string of the molecule is COC(=O)CC(C)NC(=O)c1cc2c(s1)CCC(C)C2. The van der Waals surface area contributed by atoms with Gasteiger partial charge in [-0.1, -0.05) is 6.92 Å². The first-order valence-electron chi connectivity index (χ1n) is 6.99. The highest BCUT2D eigenvalue weighted by molar-refractivity contribution is 7.14. The van der Waals surface area contributed by atoms with Crippen molar-refractivity contribution in [1.82, 2.24) is 5.32 Å². The van der Waals surface area contributed by atoms with Crippen LogP contribution in [-0.4, -0.2) is 25.0 Å². The van der Waals surface area contributed by atoms with Gasteiger partial charge in [-0.25, -0.2) is 0 Å². The number of carbonyl (C=O) groups is 2. The van der Waals surface area contributed by atoms with E-state index in [4.69, 9.17) is 0 Å². The Morgan fingerprint density at radius 2 is 2.30 bits per heavy atom. The predicted molar refractivity (Wildman–Crippen MR) is 79.1 cm³/mol. The largest absolute Gasteiger partial charge is 0.469 e. The van der Waals surface area contributed by atoms with E-state index in [9.17, 15) is 9.59 Å². The number of ether oxygens (including phenoxy) is 1. The molecule has 0 bridgehead atoms. The predicted octanol–water partition coefficient (Wildman–Crippen LogP) is 2.55. The molecule has 1 heterocycles. The minimum absolute atomic E-state index is 0.0894. The van der Waals surface area contributed by atoms with Gasteiger partial charge in [0, 0.05) is 10.9 Å². The molecule has 1 aromatic heterocycles. The average Bonchev–Trinajstić information content (AvgIpc) is 2.81. The van der Waals surface area contributed by atoms with Crippen LogP contribution in [0.4, 0.5) is 0 Å². The molecule has 0 saturated heterocycles. The van der Waals surface area contributed by atoms with Crippen LogP contribution >= 0.6 is 11.3 Å². The Kier molecular flexibility index (Phi) is 4.81. The number of amides is 1. The molecule has 2 atom stereocenters. The minimum Gasteiger partial charge on any atom is -0.469 e. The van der Waals surface area contributed by atoms with E-state index in [0.717, 1.165) is 17.7 Å². The van der Waals surface area contributed by atoms with Crippen LogP contribution in [0.15, 0.2) is 6.07 Å². The van der Waals surface area contributed by atoms with Crippen LogP contribution in [0.3, 0.4) is 0 Å². The smallest absolute Gasteiger partial charge is 0.307 e. The molecule has 0 saturated carbocycles. The Hall–Kier alpha value is -1.36. The maximum atomic E-state index is 12.2. The second-order valence-electron chi connectivity index (χ2n) is 5.56. The molecule has 0 spiro atoms. The first-order valence-corrected chi connectivity index (χ1v) is 7.80. The normalized spacial score (nSPS) is 19.1. The fourth-order valence-corrected chi connectivity index (χ4v) is 3.61.